The Morgan fingerprint density at radius 1 is 1.05 bits per heavy atom. The average molecular weight is 261 g/mol. The molecule has 0 saturated carbocycles. The van der Waals surface area contributed by atoms with Crippen molar-refractivity contribution in [1.82, 2.24) is 0 Å². The van der Waals surface area contributed by atoms with E-state index < -0.39 is 0 Å². The van der Waals surface area contributed by atoms with E-state index in [2.05, 4.69) is 72.7 Å². The molecule has 0 atom stereocenters. The number of benzene rings is 2. The molecule has 20 heavy (non-hydrogen) atoms. The molecular weight excluding hydrogens is 244 g/mol. The molecule has 2 nitrogen and oxygen atoms in total. The van der Waals surface area contributed by atoms with Gasteiger partial charge in [-0.25, -0.2) is 4.57 Å². The van der Waals surface area contributed by atoms with Crippen LogP contribution in [0.15, 0.2) is 59.7 Å². The second-order valence-electron chi connectivity index (χ2n) is 5.00. The third kappa shape index (κ3) is 1.99. The standard InChI is InChI=1S/C18H17N2/c1-13-16-7-5-4-6-14(16)8-9-17(13)18-12-15(19-2)10-11-20(18)3/h4-12H,2H2,1,3H3/q+1. The second kappa shape index (κ2) is 4.89. The highest BCUT2D eigenvalue weighted by molar-refractivity contribution is 5.90. The summed E-state index contributed by atoms with van der Waals surface area (Å²) < 4.78 is 2.12. The van der Waals surface area contributed by atoms with Crippen LogP contribution in [0, 0.1) is 6.92 Å². The largest absolute Gasteiger partial charge is 0.264 e. The first kappa shape index (κ1) is 12.5. The fourth-order valence-corrected chi connectivity index (χ4v) is 2.63. The topological polar surface area (TPSA) is 16.2 Å². The first-order valence-corrected chi connectivity index (χ1v) is 6.66. The first-order valence-electron chi connectivity index (χ1n) is 6.66. The molecule has 3 rings (SSSR count). The first-order chi connectivity index (χ1) is 9.70. The number of nitrogens with zero attached hydrogens (tertiary/aromatic N) is 2. The van der Waals surface area contributed by atoms with Crippen LogP contribution in [-0.4, -0.2) is 6.72 Å². The lowest BCUT2D eigenvalue weighted by Gasteiger charge is -2.08. The predicted molar refractivity (Wildman–Crippen MR) is 84.5 cm³/mol. The lowest BCUT2D eigenvalue weighted by molar-refractivity contribution is -0.660. The molecule has 0 aliphatic carbocycles. The normalized spacial score (nSPS) is 10.7. The van der Waals surface area contributed by atoms with Gasteiger partial charge in [0.05, 0.1) is 5.69 Å². The maximum atomic E-state index is 4.03. The van der Waals surface area contributed by atoms with Crippen molar-refractivity contribution >= 4 is 23.2 Å². The number of hydrogen-bond acceptors (Lipinski definition) is 1. The number of aromatic nitrogens is 1. The average Bonchev–Trinajstić information content (AvgIpc) is 2.49. The molecule has 0 N–H and O–H groups in total. The molecule has 0 aliphatic rings. The summed E-state index contributed by atoms with van der Waals surface area (Å²) in [4.78, 5) is 4.03. The van der Waals surface area contributed by atoms with Crippen LogP contribution < -0.4 is 4.57 Å². The Hall–Kier alpha value is -2.48. The van der Waals surface area contributed by atoms with E-state index in [1.807, 2.05) is 12.3 Å². The number of hydrogen-bond donors (Lipinski definition) is 0. The van der Waals surface area contributed by atoms with Crippen molar-refractivity contribution < 1.29 is 4.57 Å². The fraction of sp³-hybridized carbons (Fsp3) is 0.111. The summed E-state index contributed by atoms with van der Waals surface area (Å²) in [6.45, 7) is 5.78. The van der Waals surface area contributed by atoms with Gasteiger partial charge in [-0.3, -0.25) is 4.99 Å². The van der Waals surface area contributed by atoms with Crippen LogP contribution in [-0.2, 0) is 7.05 Å². The fourth-order valence-electron chi connectivity index (χ4n) is 2.63. The summed E-state index contributed by atoms with van der Waals surface area (Å²) in [6, 6.07) is 16.9. The van der Waals surface area contributed by atoms with E-state index in [1.165, 1.54) is 21.9 Å². The summed E-state index contributed by atoms with van der Waals surface area (Å²) >= 11 is 0. The van der Waals surface area contributed by atoms with Gasteiger partial charge in [0, 0.05) is 17.7 Å². The predicted octanol–water partition coefficient (Wildman–Crippen LogP) is 3.97. The zero-order chi connectivity index (χ0) is 14.1. The van der Waals surface area contributed by atoms with Crippen molar-refractivity contribution in [3.63, 3.8) is 0 Å². The molecule has 0 amide bonds. The monoisotopic (exact) mass is 261 g/mol. The number of pyridine rings is 1. The number of aryl methyl sites for hydroxylation is 2. The number of rotatable bonds is 2. The molecule has 0 aliphatic heterocycles. The Bertz CT molecular complexity index is 804. The molecule has 0 fully saturated rings. The summed E-state index contributed by atoms with van der Waals surface area (Å²) in [5.74, 6) is 0. The molecule has 2 heteroatoms. The molecule has 0 spiro atoms. The Labute approximate surface area is 119 Å². The highest BCUT2D eigenvalue weighted by Gasteiger charge is 2.14. The lowest BCUT2D eigenvalue weighted by atomic mass is 9.97. The van der Waals surface area contributed by atoms with Gasteiger partial charge in [-0.15, -0.1) is 0 Å². The molecule has 98 valence electrons. The quantitative estimate of drug-likeness (QED) is 0.490. The Balaban J connectivity index is 2.29. The van der Waals surface area contributed by atoms with E-state index in [0.717, 1.165) is 11.4 Å². The van der Waals surface area contributed by atoms with Crippen molar-refractivity contribution in [2.45, 2.75) is 6.92 Å². The van der Waals surface area contributed by atoms with Crippen molar-refractivity contribution in [3.8, 4) is 11.3 Å². The maximum Gasteiger partial charge on any atom is 0.214 e. The minimum Gasteiger partial charge on any atom is -0.264 e. The third-order valence-corrected chi connectivity index (χ3v) is 3.79. The Morgan fingerprint density at radius 3 is 2.65 bits per heavy atom. The van der Waals surface area contributed by atoms with Gasteiger partial charge in [0.15, 0.2) is 6.20 Å². The second-order valence-corrected chi connectivity index (χ2v) is 5.00. The van der Waals surface area contributed by atoms with E-state index in [-0.39, 0.29) is 0 Å². The molecule has 2 aromatic carbocycles. The van der Waals surface area contributed by atoms with Crippen molar-refractivity contribution in [1.29, 1.82) is 0 Å². The van der Waals surface area contributed by atoms with E-state index in [4.69, 9.17) is 0 Å². The summed E-state index contributed by atoms with van der Waals surface area (Å²) in [5, 5.41) is 2.57. The van der Waals surface area contributed by atoms with Crippen LogP contribution in [0.25, 0.3) is 22.0 Å². The van der Waals surface area contributed by atoms with Crippen LogP contribution in [0.1, 0.15) is 5.56 Å². The summed E-state index contributed by atoms with van der Waals surface area (Å²) in [5.41, 5.74) is 4.57. The molecule has 0 unspecified atom stereocenters. The summed E-state index contributed by atoms with van der Waals surface area (Å²) in [7, 11) is 2.05. The molecule has 0 radical (unpaired) electrons. The molecular formula is C18H17N2+. The van der Waals surface area contributed by atoms with Crippen molar-refractivity contribution in [3.05, 3.63) is 60.3 Å². The molecule has 0 saturated heterocycles. The maximum absolute atomic E-state index is 4.03. The van der Waals surface area contributed by atoms with Crippen molar-refractivity contribution in [2.75, 3.05) is 0 Å². The molecule has 0 bridgehead atoms. The van der Waals surface area contributed by atoms with Crippen molar-refractivity contribution in [2.24, 2.45) is 12.0 Å². The van der Waals surface area contributed by atoms with E-state index in [0.29, 0.717) is 0 Å². The minimum absolute atomic E-state index is 0.894. The van der Waals surface area contributed by atoms with Crippen LogP contribution in [0.5, 0.6) is 0 Å². The van der Waals surface area contributed by atoms with Gasteiger partial charge in [0.1, 0.15) is 7.05 Å². The molecule has 1 heterocycles. The summed E-state index contributed by atoms with van der Waals surface area (Å²) in [6.07, 6.45) is 2.02. The SMILES string of the molecule is C=Nc1cc[n+](C)c(-c2ccc3ccccc3c2C)c1. The van der Waals surface area contributed by atoms with Gasteiger partial charge in [-0.05, 0) is 36.0 Å². The van der Waals surface area contributed by atoms with Gasteiger partial charge in [0.25, 0.3) is 0 Å². The van der Waals surface area contributed by atoms with E-state index >= 15 is 0 Å². The van der Waals surface area contributed by atoms with Gasteiger partial charge < -0.3 is 0 Å². The zero-order valence-corrected chi connectivity index (χ0v) is 11.8. The van der Waals surface area contributed by atoms with Gasteiger partial charge in [0.2, 0.25) is 5.69 Å². The van der Waals surface area contributed by atoms with E-state index in [1.54, 1.807) is 0 Å². The Morgan fingerprint density at radius 2 is 1.85 bits per heavy atom. The van der Waals surface area contributed by atoms with Gasteiger partial charge in [-0.2, -0.15) is 0 Å². The van der Waals surface area contributed by atoms with Crippen LogP contribution in [0.4, 0.5) is 5.69 Å². The number of aliphatic imine (C=N–C) groups is 1. The smallest absolute Gasteiger partial charge is 0.214 e. The van der Waals surface area contributed by atoms with Gasteiger partial charge >= 0.3 is 0 Å². The minimum atomic E-state index is 0.894. The zero-order valence-electron chi connectivity index (χ0n) is 11.8. The highest BCUT2D eigenvalue weighted by atomic mass is 14.9. The van der Waals surface area contributed by atoms with Crippen LogP contribution in [0.3, 0.4) is 0 Å². The Kier molecular flexibility index (Phi) is 3.07. The number of fused-ring (bicyclic) bond motifs is 1. The molecule has 3 aromatic rings. The lowest BCUT2D eigenvalue weighted by Crippen LogP contribution is -2.30. The highest BCUT2D eigenvalue weighted by Crippen LogP contribution is 2.29. The third-order valence-electron chi connectivity index (χ3n) is 3.79. The van der Waals surface area contributed by atoms with E-state index in [9.17, 15) is 0 Å². The van der Waals surface area contributed by atoms with Gasteiger partial charge in [-0.1, -0.05) is 30.3 Å². The van der Waals surface area contributed by atoms with Crippen LogP contribution in [0.2, 0.25) is 0 Å². The molecule has 1 aromatic heterocycles. The van der Waals surface area contributed by atoms with Crippen LogP contribution >= 0.6 is 0 Å².